The van der Waals surface area contributed by atoms with E-state index in [-0.39, 0.29) is 25.8 Å². The maximum absolute atomic E-state index is 15.2. The van der Waals surface area contributed by atoms with Gasteiger partial charge < -0.3 is 19.7 Å². The molecule has 0 spiro atoms. The molecular formula is C37H46F2N4O9S. The summed E-state index contributed by atoms with van der Waals surface area (Å²) in [6, 6.07) is 6.15. The molecular weight excluding hydrogens is 714 g/mol. The zero-order valence-corrected chi connectivity index (χ0v) is 30.9. The van der Waals surface area contributed by atoms with Crippen molar-refractivity contribution in [2.75, 3.05) is 6.54 Å². The van der Waals surface area contributed by atoms with Crippen LogP contribution in [0.1, 0.15) is 89.7 Å². The number of carbonyl (C=O) groups excluding carboxylic acids is 5. The van der Waals surface area contributed by atoms with Gasteiger partial charge in [-0.3, -0.25) is 28.8 Å². The molecule has 3 heterocycles. The quantitative estimate of drug-likeness (QED) is 0.323. The highest BCUT2D eigenvalue weighted by molar-refractivity contribution is 7.91. The van der Waals surface area contributed by atoms with Gasteiger partial charge in [-0.05, 0) is 76.2 Å². The highest BCUT2D eigenvalue weighted by atomic mass is 32.2. The Morgan fingerprint density at radius 2 is 1.74 bits per heavy atom. The van der Waals surface area contributed by atoms with E-state index in [9.17, 15) is 32.4 Å². The fraction of sp³-hybridized carbons (Fsp3) is 0.622. The molecule has 5 atom stereocenters. The number of hydrogen-bond donors (Lipinski definition) is 2. The van der Waals surface area contributed by atoms with E-state index in [0.29, 0.717) is 25.9 Å². The van der Waals surface area contributed by atoms with E-state index < -0.39 is 112 Å². The Morgan fingerprint density at radius 3 is 2.38 bits per heavy atom. The van der Waals surface area contributed by atoms with Crippen molar-refractivity contribution in [2.45, 2.75) is 126 Å². The fourth-order valence-electron chi connectivity index (χ4n) is 7.18. The predicted octanol–water partition coefficient (Wildman–Crippen LogP) is 3.86. The van der Waals surface area contributed by atoms with Crippen molar-refractivity contribution >= 4 is 39.8 Å². The summed E-state index contributed by atoms with van der Waals surface area (Å²) in [6.45, 7) is 5.21. The Hall–Kier alpha value is -4.30. The van der Waals surface area contributed by atoms with Gasteiger partial charge in [0.25, 0.3) is 5.91 Å². The van der Waals surface area contributed by atoms with Crippen LogP contribution in [0.4, 0.5) is 13.6 Å². The second-order valence-corrected chi connectivity index (χ2v) is 17.7. The lowest BCUT2D eigenvalue weighted by Gasteiger charge is -2.30. The van der Waals surface area contributed by atoms with Crippen LogP contribution in [0.5, 0.6) is 0 Å². The number of carbonyl (C=O) groups is 5. The first-order chi connectivity index (χ1) is 24.9. The number of benzene rings is 1. The predicted molar refractivity (Wildman–Crippen MR) is 185 cm³/mol. The zero-order chi connectivity index (χ0) is 38.3. The second-order valence-electron chi connectivity index (χ2n) is 15.8. The summed E-state index contributed by atoms with van der Waals surface area (Å²) in [5.74, 6) is -8.59. The van der Waals surface area contributed by atoms with Gasteiger partial charge in [0.2, 0.25) is 27.8 Å². The van der Waals surface area contributed by atoms with Crippen molar-refractivity contribution in [3.8, 4) is 0 Å². The standard InChI is InChI=1S/C37H46F2N4O9S/c1-35(2,3)52-30(44)17-23-14-16-36(38,39)15-8-4-5-11-26-19-37(26,33(47)41-53(49,50)28-12-13-28)40-31(45)29-18-27(22-43(29)32(23)46)51-34(48)42-20-24-9-6-7-10-25(24)21-42/h4,6-7,9-11,23,26-29H,8,12-22H2,1-3H3,(H,40,45)(H,41,47)/t5?,23-,26-,27-,29+,37-/m1/s1. The average Bonchev–Trinajstić information content (AvgIpc) is 3.95. The summed E-state index contributed by atoms with van der Waals surface area (Å²) in [5.41, 5.74) is 2.07. The van der Waals surface area contributed by atoms with Crippen molar-refractivity contribution < 1.29 is 50.6 Å². The smallest absolute Gasteiger partial charge is 0.410 e. The van der Waals surface area contributed by atoms with Crippen LogP contribution in [0.15, 0.2) is 42.1 Å². The van der Waals surface area contributed by atoms with Crippen LogP contribution in [-0.4, -0.2) is 89.0 Å². The lowest BCUT2D eigenvalue weighted by molar-refractivity contribution is -0.159. The van der Waals surface area contributed by atoms with Gasteiger partial charge in [-0.1, -0.05) is 24.3 Å². The third-order valence-electron chi connectivity index (χ3n) is 10.3. The molecule has 0 unspecified atom stereocenters. The number of fused-ring (bicyclic) bond motifs is 3. The van der Waals surface area contributed by atoms with Crippen molar-refractivity contribution in [3.63, 3.8) is 0 Å². The minimum Gasteiger partial charge on any atom is -0.460 e. The van der Waals surface area contributed by atoms with Crippen LogP contribution in [0.25, 0.3) is 0 Å². The highest BCUT2D eigenvalue weighted by Gasteiger charge is 2.62. The van der Waals surface area contributed by atoms with Gasteiger partial charge in [-0.15, -0.1) is 5.73 Å². The molecule has 2 N–H and O–H groups in total. The number of rotatable bonds is 6. The van der Waals surface area contributed by atoms with Crippen molar-refractivity contribution in [2.24, 2.45) is 11.8 Å². The first-order valence-corrected chi connectivity index (χ1v) is 19.6. The van der Waals surface area contributed by atoms with Gasteiger partial charge in [0.05, 0.1) is 18.2 Å². The van der Waals surface area contributed by atoms with Crippen molar-refractivity contribution in [1.82, 2.24) is 19.8 Å². The van der Waals surface area contributed by atoms with Crippen LogP contribution in [0, 0.1) is 11.8 Å². The molecule has 16 heteroatoms. The zero-order valence-electron chi connectivity index (χ0n) is 30.1. The number of nitrogens with one attached hydrogen (secondary N) is 2. The Morgan fingerprint density at radius 1 is 1.06 bits per heavy atom. The molecule has 13 nitrogen and oxygen atoms in total. The third-order valence-corrected chi connectivity index (χ3v) is 12.1. The average molecular weight is 761 g/mol. The number of amides is 4. The molecule has 1 saturated heterocycles. The van der Waals surface area contributed by atoms with Gasteiger partial charge in [-0.2, -0.15) is 0 Å². The summed E-state index contributed by atoms with van der Waals surface area (Å²) in [4.78, 5) is 71.1. The summed E-state index contributed by atoms with van der Waals surface area (Å²) < 4.78 is 69.2. The summed E-state index contributed by atoms with van der Waals surface area (Å²) in [5, 5.41) is 1.99. The maximum atomic E-state index is 15.2. The molecule has 3 aliphatic heterocycles. The molecule has 0 radical (unpaired) electrons. The van der Waals surface area contributed by atoms with Crippen LogP contribution in [0.3, 0.4) is 0 Å². The monoisotopic (exact) mass is 760 g/mol. The number of sulfonamides is 1. The first-order valence-electron chi connectivity index (χ1n) is 18.1. The molecule has 288 valence electrons. The van der Waals surface area contributed by atoms with E-state index in [1.807, 2.05) is 24.3 Å². The number of ether oxygens (including phenoxy) is 2. The molecule has 1 aromatic carbocycles. The summed E-state index contributed by atoms with van der Waals surface area (Å²) >= 11 is 0. The topological polar surface area (TPSA) is 168 Å². The summed E-state index contributed by atoms with van der Waals surface area (Å²) in [6.07, 6.45) is -0.591. The van der Waals surface area contributed by atoms with Crippen LogP contribution in [0.2, 0.25) is 0 Å². The van der Waals surface area contributed by atoms with Crippen molar-refractivity contribution in [1.29, 1.82) is 0 Å². The normalized spacial score (nSPS) is 28.7. The van der Waals surface area contributed by atoms with Gasteiger partial charge >= 0.3 is 12.1 Å². The Balaban J connectivity index is 1.29. The Labute approximate surface area is 307 Å². The molecule has 1 aromatic rings. The van der Waals surface area contributed by atoms with E-state index in [1.165, 1.54) is 17.1 Å². The molecule has 2 saturated carbocycles. The molecule has 6 rings (SSSR count). The van der Waals surface area contributed by atoms with E-state index in [1.54, 1.807) is 20.8 Å². The van der Waals surface area contributed by atoms with Gasteiger partial charge in [0, 0.05) is 44.2 Å². The number of halogens is 2. The molecule has 0 bridgehead atoms. The van der Waals surface area contributed by atoms with Gasteiger partial charge in [-0.25, -0.2) is 22.0 Å². The molecule has 5 aliphatic rings. The van der Waals surface area contributed by atoms with Gasteiger partial charge in [0.15, 0.2) is 0 Å². The molecule has 0 aromatic heterocycles. The second kappa shape index (κ2) is 14.5. The minimum absolute atomic E-state index is 0.00235. The largest absolute Gasteiger partial charge is 0.460 e. The maximum Gasteiger partial charge on any atom is 0.410 e. The minimum atomic E-state index is -4.00. The third kappa shape index (κ3) is 9.09. The van der Waals surface area contributed by atoms with Gasteiger partial charge in [0.1, 0.15) is 23.3 Å². The Kier molecular flexibility index (Phi) is 10.5. The number of esters is 1. The molecule has 53 heavy (non-hydrogen) atoms. The molecule has 3 fully saturated rings. The fourth-order valence-corrected chi connectivity index (χ4v) is 8.55. The van der Waals surface area contributed by atoms with E-state index in [4.69, 9.17) is 9.47 Å². The Bertz CT molecular complexity index is 1810. The van der Waals surface area contributed by atoms with Crippen LogP contribution >= 0.6 is 0 Å². The van der Waals surface area contributed by atoms with E-state index in [0.717, 1.165) is 16.0 Å². The van der Waals surface area contributed by atoms with E-state index in [2.05, 4.69) is 15.8 Å². The summed E-state index contributed by atoms with van der Waals surface area (Å²) in [7, 11) is -4.00. The lowest BCUT2D eigenvalue weighted by atomic mass is 9.93. The number of hydrogen-bond acceptors (Lipinski definition) is 9. The highest BCUT2D eigenvalue weighted by Crippen LogP contribution is 2.46. The van der Waals surface area contributed by atoms with Crippen molar-refractivity contribution in [3.05, 3.63) is 53.3 Å². The van der Waals surface area contributed by atoms with Crippen LogP contribution < -0.4 is 10.0 Å². The number of nitrogens with zero attached hydrogens (tertiary/aromatic N) is 2. The number of alkyl halides is 2. The van der Waals surface area contributed by atoms with E-state index >= 15 is 8.78 Å². The SMILES string of the molecule is CC(C)(C)OC(=O)C[C@H]1CCC(F)(F)CCC=C=C[C@@H]2C[C@@]2(C(=O)NS(=O)(=O)C2CC2)NC(=O)[C@@H]2C[C@@H](OC(=O)N3Cc4ccccc4C3)CN2C1=O. The molecule has 2 aliphatic carbocycles. The molecule has 4 amide bonds. The first kappa shape index (κ1) is 38.4. The lowest BCUT2D eigenvalue weighted by Crippen LogP contribution is -2.57. The van der Waals surface area contributed by atoms with Crippen LogP contribution in [-0.2, 0) is 51.8 Å².